The van der Waals surface area contributed by atoms with Gasteiger partial charge in [-0.3, -0.25) is 0 Å². The molecule has 0 saturated heterocycles. The lowest BCUT2D eigenvalue weighted by Crippen LogP contribution is -2.00. The third-order valence-electron chi connectivity index (χ3n) is 1.98. The second-order valence-corrected chi connectivity index (χ2v) is 4.68. The van der Waals surface area contributed by atoms with Gasteiger partial charge in [-0.2, -0.15) is 11.8 Å². The lowest BCUT2D eigenvalue weighted by atomic mass is 10.2. The Morgan fingerprint density at radius 3 is 3.06 bits per heavy atom. The first-order chi connectivity index (χ1) is 8.22. The molecule has 1 aromatic rings. The molecule has 4 heteroatoms. The zero-order chi connectivity index (χ0) is 12.5. The highest BCUT2D eigenvalue weighted by molar-refractivity contribution is 7.99. The van der Waals surface area contributed by atoms with E-state index < -0.39 is 5.97 Å². The van der Waals surface area contributed by atoms with Gasteiger partial charge >= 0.3 is 5.97 Å². The van der Waals surface area contributed by atoms with Crippen LogP contribution in [0.15, 0.2) is 30.3 Å². The number of aliphatic carboxylic acids is 1. The molecule has 3 nitrogen and oxygen atoms in total. The van der Waals surface area contributed by atoms with E-state index >= 15 is 0 Å². The first-order valence-corrected chi connectivity index (χ1v) is 6.59. The van der Waals surface area contributed by atoms with Crippen molar-refractivity contribution < 1.29 is 14.6 Å². The van der Waals surface area contributed by atoms with Gasteiger partial charge in [0.2, 0.25) is 0 Å². The molecule has 0 unspecified atom stereocenters. The summed E-state index contributed by atoms with van der Waals surface area (Å²) in [5, 5.41) is 8.52. The molecule has 0 aromatic heterocycles. The Kier molecular flexibility index (Phi) is 6.25. The van der Waals surface area contributed by atoms with Crippen LogP contribution in [0.2, 0.25) is 0 Å². The summed E-state index contributed by atoms with van der Waals surface area (Å²) >= 11 is 1.83. The van der Waals surface area contributed by atoms with Gasteiger partial charge in [-0.1, -0.05) is 19.1 Å². The summed E-state index contributed by atoms with van der Waals surface area (Å²) in [6, 6.07) is 7.39. The molecule has 0 radical (unpaired) electrons. The minimum Gasteiger partial charge on any atom is -0.493 e. The van der Waals surface area contributed by atoms with E-state index in [9.17, 15) is 4.79 Å². The van der Waals surface area contributed by atoms with Crippen molar-refractivity contribution >= 4 is 23.8 Å². The van der Waals surface area contributed by atoms with Gasteiger partial charge in [0.05, 0.1) is 6.61 Å². The average Bonchev–Trinajstić information content (AvgIpc) is 2.33. The average molecular weight is 252 g/mol. The molecule has 1 N–H and O–H groups in total. The summed E-state index contributed by atoms with van der Waals surface area (Å²) < 4.78 is 5.55. The number of carboxylic acid groups (broad SMARTS) is 1. The monoisotopic (exact) mass is 252 g/mol. The second-order valence-electron chi connectivity index (χ2n) is 3.29. The molecule has 0 saturated carbocycles. The van der Waals surface area contributed by atoms with Crippen molar-refractivity contribution in [2.24, 2.45) is 0 Å². The van der Waals surface area contributed by atoms with Crippen molar-refractivity contribution in [3.8, 4) is 5.75 Å². The number of benzene rings is 1. The van der Waals surface area contributed by atoms with E-state index in [-0.39, 0.29) is 0 Å². The Morgan fingerprint density at radius 2 is 2.35 bits per heavy atom. The Hall–Kier alpha value is -1.42. The fourth-order valence-corrected chi connectivity index (χ4v) is 1.73. The summed E-state index contributed by atoms with van der Waals surface area (Å²) in [4.78, 5) is 10.4. The van der Waals surface area contributed by atoms with Crippen molar-refractivity contribution in [3.05, 3.63) is 35.9 Å². The number of hydrogen-bond acceptors (Lipinski definition) is 3. The Labute approximate surface area is 105 Å². The SMILES string of the molecule is CCSCCOc1cccc(/C=C/C(=O)O)c1. The maximum absolute atomic E-state index is 10.4. The summed E-state index contributed by atoms with van der Waals surface area (Å²) in [7, 11) is 0. The van der Waals surface area contributed by atoms with Gasteiger partial charge in [-0.05, 0) is 29.5 Å². The molecule has 0 bridgehead atoms. The van der Waals surface area contributed by atoms with Crippen molar-refractivity contribution in [2.45, 2.75) is 6.92 Å². The van der Waals surface area contributed by atoms with Crippen molar-refractivity contribution in [1.29, 1.82) is 0 Å². The molecular weight excluding hydrogens is 236 g/mol. The first-order valence-electron chi connectivity index (χ1n) is 5.44. The lowest BCUT2D eigenvalue weighted by molar-refractivity contribution is -0.131. The highest BCUT2D eigenvalue weighted by atomic mass is 32.2. The standard InChI is InChI=1S/C13H16O3S/c1-2-17-9-8-16-12-5-3-4-11(10-12)6-7-13(14)15/h3-7,10H,2,8-9H2,1H3,(H,14,15)/b7-6+. The van der Waals surface area contributed by atoms with E-state index in [1.165, 1.54) is 0 Å². The lowest BCUT2D eigenvalue weighted by Gasteiger charge is -2.05. The second kappa shape index (κ2) is 7.79. The van der Waals surface area contributed by atoms with Gasteiger partial charge in [0.1, 0.15) is 5.75 Å². The molecular formula is C13H16O3S. The molecule has 0 aliphatic heterocycles. The maximum atomic E-state index is 10.4. The van der Waals surface area contributed by atoms with E-state index in [0.717, 1.165) is 28.9 Å². The van der Waals surface area contributed by atoms with Gasteiger partial charge in [0.15, 0.2) is 0 Å². The summed E-state index contributed by atoms with van der Waals surface area (Å²) in [5.41, 5.74) is 0.827. The molecule has 1 aromatic carbocycles. The highest BCUT2D eigenvalue weighted by Crippen LogP contribution is 2.14. The topological polar surface area (TPSA) is 46.5 Å². The van der Waals surface area contributed by atoms with Crippen LogP contribution in [0.25, 0.3) is 6.08 Å². The minimum atomic E-state index is -0.948. The van der Waals surface area contributed by atoms with Crippen LogP contribution in [-0.2, 0) is 4.79 Å². The number of ether oxygens (including phenoxy) is 1. The third kappa shape index (κ3) is 6.02. The molecule has 0 atom stereocenters. The Morgan fingerprint density at radius 1 is 1.53 bits per heavy atom. The zero-order valence-electron chi connectivity index (χ0n) is 9.76. The van der Waals surface area contributed by atoms with E-state index in [0.29, 0.717) is 6.61 Å². The van der Waals surface area contributed by atoms with Crippen LogP contribution in [0, 0.1) is 0 Å². The molecule has 1 rings (SSSR count). The fraction of sp³-hybridized carbons (Fsp3) is 0.308. The smallest absolute Gasteiger partial charge is 0.328 e. The zero-order valence-corrected chi connectivity index (χ0v) is 10.6. The van der Waals surface area contributed by atoms with E-state index in [1.807, 2.05) is 36.0 Å². The quantitative estimate of drug-likeness (QED) is 0.598. The van der Waals surface area contributed by atoms with Crippen LogP contribution in [-0.4, -0.2) is 29.2 Å². The maximum Gasteiger partial charge on any atom is 0.328 e. The summed E-state index contributed by atoms with van der Waals surface area (Å²) in [5.74, 6) is 1.88. The van der Waals surface area contributed by atoms with Crippen LogP contribution in [0.4, 0.5) is 0 Å². The van der Waals surface area contributed by atoms with Gasteiger partial charge < -0.3 is 9.84 Å². The molecule has 17 heavy (non-hydrogen) atoms. The van der Waals surface area contributed by atoms with Gasteiger partial charge in [0.25, 0.3) is 0 Å². The predicted octanol–water partition coefficient (Wildman–Crippen LogP) is 2.92. The minimum absolute atomic E-state index is 0.671. The van der Waals surface area contributed by atoms with Crippen LogP contribution in [0.5, 0.6) is 5.75 Å². The molecule has 0 spiro atoms. The number of carbonyl (C=O) groups is 1. The molecule has 0 amide bonds. The van der Waals surface area contributed by atoms with Crippen molar-refractivity contribution in [2.75, 3.05) is 18.1 Å². The Bertz CT molecular complexity index is 388. The van der Waals surface area contributed by atoms with Gasteiger partial charge in [-0.25, -0.2) is 4.79 Å². The Balaban J connectivity index is 2.50. The number of thioether (sulfide) groups is 1. The fourth-order valence-electron chi connectivity index (χ4n) is 1.24. The van der Waals surface area contributed by atoms with Gasteiger partial charge in [0, 0.05) is 11.8 Å². The molecule has 0 aliphatic rings. The van der Waals surface area contributed by atoms with E-state index in [4.69, 9.17) is 9.84 Å². The normalized spacial score (nSPS) is 10.6. The van der Waals surface area contributed by atoms with Crippen LogP contribution in [0.1, 0.15) is 12.5 Å². The summed E-state index contributed by atoms with van der Waals surface area (Å²) in [6.45, 7) is 2.78. The van der Waals surface area contributed by atoms with Crippen molar-refractivity contribution in [1.82, 2.24) is 0 Å². The first kappa shape index (κ1) is 13.6. The van der Waals surface area contributed by atoms with Gasteiger partial charge in [-0.15, -0.1) is 0 Å². The predicted molar refractivity (Wildman–Crippen MR) is 71.6 cm³/mol. The number of carboxylic acids is 1. The number of rotatable bonds is 7. The summed E-state index contributed by atoms with van der Waals surface area (Å²) in [6.07, 6.45) is 2.67. The van der Waals surface area contributed by atoms with Crippen LogP contribution >= 0.6 is 11.8 Å². The van der Waals surface area contributed by atoms with Crippen LogP contribution < -0.4 is 4.74 Å². The largest absolute Gasteiger partial charge is 0.493 e. The highest BCUT2D eigenvalue weighted by Gasteiger charge is 1.95. The molecule has 0 heterocycles. The van der Waals surface area contributed by atoms with E-state index in [2.05, 4.69) is 6.92 Å². The van der Waals surface area contributed by atoms with Crippen LogP contribution in [0.3, 0.4) is 0 Å². The van der Waals surface area contributed by atoms with E-state index in [1.54, 1.807) is 6.08 Å². The third-order valence-corrected chi connectivity index (χ3v) is 2.84. The molecule has 0 aliphatic carbocycles. The molecule has 0 fully saturated rings. The van der Waals surface area contributed by atoms with Crippen molar-refractivity contribution in [3.63, 3.8) is 0 Å². The number of hydrogen-bond donors (Lipinski definition) is 1. The molecule has 92 valence electrons.